The smallest absolute Gasteiger partial charge is 0.134 e. The summed E-state index contributed by atoms with van der Waals surface area (Å²) in [5.74, 6) is 0.165. The van der Waals surface area contributed by atoms with Crippen molar-refractivity contribution in [2.24, 2.45) is 0 Å². The predicted molar refractivity (Wildman–Crippen MR) is 193 cm³/mol. The highest BCUT2D eigenvalue weighted by atomic mass is 16.3. The first-order valence-electron chi connectivity index (χ1n) is 16.0. The molecule has 0 fully saturated rings. The number of phenols is 1. The van der Waals surface area contributed by atoms with E-state index in [1.807, 2.05) is 54.7 Å². The summed E-state index contributed by atoms with van der Waals surface area (Å²) in [4.78, 5) is 19.6. The van der Waals surface area contributed by atoms with Crippen molar-refractivity contribution in [1.82, 2.24) is 19.9 Å². The molecule has 0 saturated carbocycles. The zero-order valence-corrected chi connectivity index (χ0v) is 27.7. The molecule has 232 valence electrons. The molecule has 0 atom stereocenters. The molecule has 0 amide bonds. The van der Waals surface area contributed by atoms with E-state index >= 15 is 0 Å². The molecule has 7 aromatic rings. The molecule has 7 rings (SSSR count). The van der Waals surface area contributed by atoms with Crippen molar-refractivity contribution >= 4 is 21.8 Å². The minimum atomic E-state index is -0.151. The van der Waals surface area contributed by atoms with E-state index in [0.717, 1.165) is 55.6 Å². The van der Waals surface area contributed by atoms with Crippen molar-refractivity contribution in [3.63, 3.8) is 0 Å². The second-order valence-corrected chi connectivity index (χ2v) is 14.3. The van der Waals surface area contributed by atoms with Gasteiger partial charge in [0.1, 0.15) is 5.75 Å². The highest BCUT2D eigenvalue weighted by Gasteiger charge is 2.22. The molecule has 3 aromatic carbocycles. The van der Waals surface area contributed by atoms with Crippen LogP contribution in [0.1, 0.15) is 52.7 Å². The van der Waals surface area contributed by atoms with Crippen molar-refractivity contribution in [2.45, 2.75) is 52.4 Å². The Morgan fingerprint density at radius 1 is 0.468 bits per heavy atom. The van der Waals surface area contributed by atoms with E-state index in [4.69, 9.17) is 9.97 Å². The number of aromatic hydroxyl groups is 1. The number of fused-ring (bicyclic) bond motifs is 3. The van der Waals surface area contributed by atoms with Gasteiger partial charge < -0.3 is 5.11 Å². The number of pyridine rings is 4. The van der Waals surface area contributed by atoms with Crippen LogP contribution in [0.3, 0.4) is 0 Å². The molecule has 4 heterocycles. The first-order valence-corrected chi connectivity index (χ1v) is 16.0. The van der Waals surface area contributed by atoms with Crippen LogP contribution < -0.4 is 0 Å². The Morgan fingerprint density at radius 3 is 1.49 bits per heavy atom. The Balaban J connectivity index is 1.43. The van der Waals surface area contributed by atoms with Gasteiger partial charge in [0.25, 0.3) is 0 Å². The molecule has 0 aliphatic rings. The van der Waals surface area contributed by atoms with E-state index in [1.165, 1.54) is 5.56 Å². The van der Waals surface area contributed by atoms with Crippen LogP contribution in [0.2, 0.25) is 0 Å². The zero-order chi connectivity index (χ0) is 32.9. The highest BCUT2D eigenvalue weighted by Crippen LogP contribution is 2.42. The van der Waals surface area contributed by atoms with Gasteiger partial charge in [0, 0.05) is 45.4 Å². The third-order valence-electron chi connectivity index (χ3n) is 8.77. The molecular formula is C42H38N4O. The molecule has 5 heteroatoms. The standard InChI is InChI=1S/C42H38N4O/c1-41(2,3)30-22-28(34-11-7-9-19-43-34)21-29(23-30)35-17-15-26-13-14-27-16-18-37(46-39(27)38(26)45-35)33-25-31(42(4,5)6)24-32(40(33)47)36-12-8-10-20-44-36/h7-25,47H,1-6H3. The van der Waals surface area contributed by atoms with Crippen molar-refractivity contribution in [1.29, 1.82) is 0 Å². The van der Waals surface area contributed by atoms with Crippen molar-refractivity contribution in [2.75, 3.05) is 0 Å². The molecule has 0 radical (unpaired) electrons. The summed E-state index contributed by atoms with van der Waals surface area (Å²) in [5, 5.41) is 13.7. The van der Waals surface area contributed by atoms with Gasteiger partial charge in [0.15, 0.2) is 0 Å². The summed E-state index contributed by atoms with van der Waals surface area (Å²) in [6.45, 7) is 13.2. The van der Waals surface area contributed by atoms with Gasteiger partial charge >= 0.3 is 0 Å². The molecule has 1 N–H and O–H groups in total. The van der Waals surface area contributed by atoms with Gasteiger partial charge in [-0.05, 0) is 88.7 Å². The Labute approximate surface area is 276 Å². The Bertz CT molecular complexity index is 2260. The Morgan fingerprint density at radius 2 is 0.936 bits per heavy atom. The normalized spacial score (nSPS) is 12.1. The van der Waals surface area contributed by atoms with E-state index < -0.39 is 0 Å². The van der Waals surface area contributed by atoms with Crippen molar-refractivity contribution in [3.05, 3.63) is 127 Å². The van der Waals surface area contributed by atoms with E-state index in [2.05, 4.69) is 106 Å². The van der Waals surface area contributed by atoms with Crippen LogP contribution in [0.15, 0.2) is 116 Å². The van der Waals surface area contributed by atoms with Gasteiger partial charge in [0.05, 0.1) is 33.8 Å². The summed E-state index contributed by atoms with van der Waals surface area (Å²) < 4.78 is 0. The van der Waals surface area contributed by atoms with Gasteiger partial charge in [-0.2, -0.15) is 0 Å². The number of hydrogen-bond donors (Lipinski definition) is 1. The number of benzene rings is 3. The number of nitrogens with zero attached hydrogens (tertiary/aromatic N) is 4. The van der Waals surface area contributed by atoms with Gasteiger partial charge in [-0.1, -0.05) is 77.9 Å². The minimum Gasteiger partial charge on any atom is -0.507 e. The largest absolute Gasteiger partial charge is 0.507 e. The lowest BCUT2D eigenvalue weighted by Crippen LogP contribution is -2.11. The van der Waals surface area contributed by atoms with Crippen LogP contribution in [-0.2, 0) is 10.8 Å². The Kier molecular flexibility index (Phi) is 7.35. The molecule has 5 nitrogen and oxygen atoms in total. The third kappa shape index (κ3) is 5.85. The van der Waals surface area contributed by atoms with E-state index in [9.17, 15) is 5.11 Å². The topological polar surface area (TPSA) is 71.8 Å². The first kappa shape index (κ1) is 30.2. The lowest BCUT2D eigenvalue weighted by Gasteiger charge is -2.22. The summed E-state index contributed by atoms with van der Waals surface area (Å²) >= 11 is 0. The van der Waals surface area contributed by atoms with Crippen LogP contribution in [0.4, 0.5) is 0 Å². The van der Waals surface area contributed by atoms with Crippen LogP contribution in [0.5, 0.6) is 5.75 Å². The average Bonchev–Trinajstić information content (AvgIpc) is 3.07. The van der Waals surface area contributed by atoms with Crippen LogP contribution >= 0.6 is 0 Å². The van der Waals surface area contributed by atoms with Gasteiger partial charge in [-0.25, -0.2) is 9.97 Å². The maximum absolute atomic E-state index is 11.7. The van der Waals surface area contributed by atoms with E-state index in [1.54, 1.807) is 6.20 Å². The summed E-state index contributed by atoms with van der Waals surface area (Å²) in [5.41, 5.74) is 10.4. The summed E-state index contributed by atoms with van der Waals surface area (Å²) in [6, 6.07) is 34.9. The van der Waals surface area contributed by atoms with Crippen molar-refractivity contribution in [3.8, 4) is 50.8 Å². The van der Waals surface area contributed by atoms with E-state index in [-0.39, 0.29) is 16.6 Å². The summed E-state index contributed by atoms with van der Waals surface area (Å²) in [6.07, 6.45) is 3.58. The monoisotopic (exact) mass is 614 g/mol. The first-order chi connectivity index (χ1) is 22.5. The lowest BCUT2D eigenvalue weighted by atomic mass is 9.83. The van der Waals surface area contributed by atoms with Gasteiger partial charge in [-0.3, -0.25) is 9.97 Å². The molecule has 0 bridgehead atoms. The zero-order valence-electron chi connectivity index (χ0n) is 27.7. The van der Waals surface area contributed by atoms with E-state index in [0.29, 0.717) is 16.8 Å². The van der Waals surface area contributed by atoms with Crippen LogP contribution in [0, 0.1) is 0 Å². The minimum absolute atomic E-state index is 0.0583. The van der Waals surface area contributed by atoms with Gasteiger partial charge in [-0.15, -0.1) is 0 Å². The van der Waals surface area contributed by atoms with Crippen LogP contribution in [-0.4, -0.2) is 25.0 Å². The molecule has 0 unspecified atom stereocenters. The molecule has 0 saturated heterocycles. The Hall–Kier alpha value is -5.42. The number of phenolic OH excluding ortho intramolecular Hbond substituents is 1. The summed E-state index contributed by atoms with van der Waals surface area (Å²) in [7, 11) is 0. The molecule has 0 aliphatic heterocycles. The number of aromatic nitrogens is 4. The molecule has 0 aliphatic carbocycles. The second-order valence-electron chi connectivity index (χ2n) is 14.3. The molecule has 0 spiro atoms. The maximum Gasteiger partial charge on any atom is 0.134 e. The molecule has 4 aromatic heterocycles. The number of hydrogen-bond acceptors (Lipinski definition) is 5. The lowest BCUT2D eigenvalue weighted by molar-refractivity contribution is 0.478. The quantitative estimate of drug-likeness (QED) is 0.200. The SMILES string of the molecule is CC(C)(C)c1cc(-c2ccccn2)cc(-c2ccc3ccc4ccc(-c5cc(C(C)(C)C)cc(-c6ccccn6)c5O)nc4c3n2)c1. The molecular weight excluding hydrogens is 576 g/mol. The number of rotatable bonds is 4. The predicted octanol–water partition coefficient (Wildman–Crippen LogP) is 10.5. The van der Waals surface area contributed by atoms with Crippen LogP contribution in [0.25, 0.3) is 66.8 Å². The fourth-order valence-electron chi connectivity index (χ4n) is 5.95. The highest BCUT2D eigenvalue weighted by molar-refractivity contribution is 6.04. The second kappa shape index (κ2) is 11.4. The van der Waals surface area contributed by atoms with Crippen molar-refractivity contribution < 1.29 is 5.11 Å². The third-order valence-corrected chi connectivity index (χ3v) is 8.77. The molecule has 47 heavy (non-hydrogen) atoms. The fourth-order valence-corrected chi connectivity index (χ4v) is 5.95. The fraction of sp³-hybridized carbons (Fsp3) is 0.190. The van der Waals surface area contributed by atoms with Gasteiger partial charge in [0.2, 0.25) is 0 Å². The average molecular weight is 615 g/mol. The maximum atomic E-state index is 11.7.